The highest BCUT2D eigenvalue weighted by atomic mass is 19.1. The molecule has 2 heteroatoms. The highest BCUT2D eigenvalue weighted by Gasteiger charge is 2.39. The maximum absolute atomic E-state index is 13.8. The van der Waals surface area contributed by atoms with Gasteiger partial charge in [0.05, 0.1) is 0 Å². The Bertz CT molecular complexity index is 618. The van der Waals surface area contributed by atoms with Crippen molar-refractivity contribution in [3.63, 3.8) is 0 Å². The van der Waals surface area contributed by atoms with Gasteiger partial charge in [0.1, 0.15) is 11.4 Å². The Labute approximate surface area is 119 Å². The molecule has 104 valence electrons. The number of halogens is 1. The fourth-order valence-electron chi connectivity index (χ4n) is 3.18. The maximum Gasteiger partial charge on any atom is 0.126 e. The lowest BCUT2D eigenvalue weighted by Crippen LogP contribution is -2.23. The number of fused-ring (bicyclic) bond motifs is 1. The van der Waals surface area contributed by atoms with Gasteiger partial charge in [0.2, 0.25) is 0 Å². The zero-order valence-electron chi connectivity index (χ0n) is 11.7. The summed E-state index contributed by atoms with van der Waals surface area (Å²) >= 11 is 0. The molecule has 0 fully saturated rings. The number of rotatable bonds is 3. The topological polar surface area (TPSA) is 20.2 Å². The van der Waals surface area contributed by atoms with Crippen molar-refractivity contribution < 1.29 is 9.50 Å². The van der Waals surface area contributed by atoms with Crippen molar-refractivity contribution in [2.24, 2.45) is 0 Å². The molecule has 1 N–H and O–H groups in total. The molecule has 1 aliphatic carbocycles. The average Bonchev–Trinajstić information content (AvgIpc) is 2.81. The summed E-state index contributed by atoms with van der Waals surface area (Å²) in [6.45, 7) is 2.15. The minimum Gasteiger partial charge on any atom is -0.380 e. The summed E-state index contributed by atoms with van der Waals surface area (Å²) in [4.78, 5) is 0. The van der Waals surface area contributed by atoms with Crippen molar-refractivity contribution in [2.45, 2.75) is 38.2 Å². The van der Waals surface area contributed by atoms with Crippen molar-refractivity contribution in [2.75, 3.05) is 0 Å². The van der Waals surface area contributed by atoms with Crippen molar-refractivity contribution in [3.05, 3.63) is 70.5 Å². The summed E-state index contributed by atoms with van der Waals surface area (Å²) in [6, 6.07) is 13.1. The van der Waals surface area contributed by atoms with E-state index in [0.717, 1.165) is 24.0 Å². The average molecular weight is 270 g/mol. The molecule has 1 nitrogen and oxygen atoms in total. The zero-order chi connectivity index (χ0) is 14.2. The number of aryl methyl sites for hydroxylation is 1. The Morgan fingerprint density at radius 2 is 1.90 bits per heavy atom. The quantitative estimate of drug-likeness (QED) is 0.895. The molecular formula is C18H19FO. The third-order valence-corrected chi connectivity index (χ3v) is 4.27. The Morgan fingerprint density at radius 1 is 1.15 bits per heavy atom. The van der Waals surface area contributed by atoms with E-state index in [9.17, 15) is 9.50 Å². The molecule has 2 aromatic rings. The number of aliphatic hydroxyl groups is 1. The van der Waals surface area contributed by atoms with Crippen molar-refractivity contribution in [1.82, 2.24) is 0 Å². The van der Waals surface area contributed by atoms with E-state index in [1.165, 1.54) is 11.6 Å². The highest BCUT2D eigenvalue weighted by Crippen LogP contribution is 2.42. The minimum atomic E-state index is -1.04. The van der Waals surface area contributed by atoms with Gasteiger partial charge in [-0.05, 0) is 47.6 Å². The van der Waals surface area contributed by atoms with Gasteiger partial charge in [0.25, 0.3) is 0 Å². The lowest BCUT2D eigenvalue weighted by molar-refractivity contribution is 0.0829. The van der Waals surface area contributed by atoms with Crippen LogP contribution in [0.1, 0.15) is 42.0 Å². The van der Waals surface area contributed by atoms with Crippen molar-refractivity contribution >= 4 is 0 Å². The van der Waals surface area contributed by atoms with Gasteiger partial charge in [0.15, 0.2) is 0 Å². The van der Waals surface area contributed by atoms with Crippen LogP contribution in [0.4, 0.5) is 4.39 Å². The van der Waals surface area contributed by atoms with Gasteiger partial charge >= 0.3 is 0 Å². The first-order valence-electron chi connectivity index (χ1n) is 7.25. The van der Waals surface area contributed by atoms with E-state index in [2.05, 4.69) is 19.1 Å². The zero-order valence-corrected chi connectivity index (χ0v) is 11.7. The van der Waals surface area contributed by atoms with Crippen LogP contribution < -0.4 is 0 Å². The first-order valence-corrected chi connectivity index (χ1v) is 7.25. The van der Waals surface area contributed by atoms with Crippen LogP contribution >= 0.6 is 0 Å². The summed E-state index contributed by atoms with van der Waals surface area (Å²) in [5.74, 6) is -0.207. The first kappa shape index (κ1) is 13.3. The molecule has 1 unspecified atom stereocenters. The molecule has 0 bridgehead atoms. The summed E-state index contributed by atoms with van der Waals surface area (Å²) in [6.07, 6.45) is 3.30. The molecule has 0 aromatic heterocycles. The smallest absolute Gasteiger partial charge is 0.126 e. The molecule has 0 aliphatic heterocycles. The van der Waals surface area contributed by atoms with Crippen LogP contribution in [0.25, 0.3) is 0 Å². The molecule has 1 aliphatic rings. The first-order chi connectivity index (χ1) is 9.65. The van der Waals surface area contributed by atoms with Gasteiger partial charge < -0.3 is 5.11 Å². The monoisotopic (exact) mass is 270 g/mol. The van der Waals surface area contributed by atoms with E-state index in [0.29, 0.717) is 18.4 Å². The minimum absolute atomic E-state index is 0.207. The lowest BCUT2D eigenvalue weighted by Gasteiger charge is -2.25. The van der Waals surface area contributed by atoms with Crippen molar-refractivity contribution in [3.8, 4) is 0 Å². The predicted molar refractivity (Wildman–Crippen MR) is 78.2 cm³/mol. The molecule has 0 amide bonds. The molecule has 0 spiro atoms. The summed E-state index contributed by atoms with van der Waals surface area (Å²) < 4.78 is 13.8. The number of hydrogen-bond donors (Lipinski definition) is 1. The molecule has 3 rings (SSSR count). The standard InChI is InChI=1S/C18H19FO/c1-2-4-13-7-9-14(10-8-13)18(20)12-11-15-16(18)5-3-6-17(15)19/h3,5-10,20H,2,4,11-12H2,1H3. The molecule has 0 heterocycles. The largest absolute Gasteiger partial charge is 0.380 e. The number of benzene rings is 2. The van der Waals surface area contributed by atoms with Gasteiger partial charge in [0, 0.05) is 0 Å². The molecule has 2 aromatic carbocycles. The predicted octanol–water partition coefficient (Wildman–Crippen LogP) is 3.96. The van der Waals surface area contributed by atoms with E-state index in [1.54, 1.807) is 6.07 Å². The van der Waals surface area contributed by atoms with Crippen LogP contribution in [0.15, 0.2) is 42.5 Å². The molecule has 0 saturated heterocycles. The Balaban J connectivity index is 2.01. The summed E-state index contributed by atoms with van der Waals surface area (Å²) in [7, 11) is 0. The van der Waals surface area contributed by atoms with Crippen LogP contribution in [0.2, 0.25) is 0 Å². The van der Waals surface area contributed by atoms with Crippen LogP contribution in [-0.2, 0) is 18.4 Å². The Morgan fingerprint density at radius 3 is 2.60 bits per heavy atom. The third kappa shape index (κ3) is 2.04. The van der Waals surface area contributed by atoms with Gasteiger partial charge in [-0.1, -0.05) is 49.7 Å². The summed E-state index contributed by atoms with van der Waals surface area (Å²) in [5, 5.41) is 11.0. The molecule has 0 radical (unpaired) electrons. The highest BCUT2D eigenvalue weighted by molar-refractivity contribution is 5.46. The van der Waals surface area contributed by atoms with E-state index < -0.39 is 5.60 Å². The van der Waals surface area contributed by atoms with Crippen LogP contribution in [0.5, 0.6) is 0 Å². The Kier molecular flexibility index (Phi) is 3.35. The van der Waals surface area contributed by atoms with Crippen LogP contribution in [0.3, 0.4) is 0 Å². The third-order valence-electron chi connectivity index (χ3n) is 4.27. The van der Waals surface area contributed by atoms with Crippen LogP contribution in [0, 0.1) is 5.82 Å². The van der Waals surface area contributed by atoms with Crippen LogP contribution in [-0.4, -0.2) is 5.11 Å². The molecule has 0 saturated carbocycles. The molecule has 1 atom stereocenters. The van der Waals surface area contributed by atoms with Gasteiger partial charge in [-0.15, -0.1) is 0 Å². The SMILES string of the molecule is CCCc1ccc(C2(O)CCc3c(F)cccc32)cc1. The van der Waals surface area contributed by atoms with Gasteiger partial charge in [-0.25, -0.2) is 4.39 Å². The fourth-order valence-corrected chi connectivity index (χ4v) is 3.18. The normalized spacial score (nSPS) is 20.9. The van der Waals surface area contributed by atoms with E-state index in [-0.39, 0.29) is 5.82 Å². The second kappa shape index (κ2) is 5.02. The van der Waals surface area contributed by atoms with E-state index >= 15 is 0 Å². The Hall–Kier alpha value is -1.67. The van der Waals surface area contributed by atoms with Gasteiger partial charge in [-0.3, -0.25) is 0 Å². The molecule has 20 heavy (non-hydrogen) atoms. The van der Waals surface area contributed by atoms with Crippen molar-refractivity contribution in [1.29, 1.82) is 0 Å². The second-order valence-electron chi connectivity index (χ2n) is 5.57. The second-order valence-corrected chi connectivity index (χ2v) is 5.57. The van der Waals surface area contributed by atoms with Gasteiger partial charge in [-0.2, -0.15) is 0 Å². The fraction of sp³-hybridized carbons (Fsp3) is 0.333. The maximum atomic E-state index is 13.8. The van der Waals surface area contributed by atoms with E-state index in [1.807, 2.05) is 18.2 Å². The molecular weight excluding hydrogens is 251 g/mol. The summed E-state index contributed by atoms with van der Waals surface area (Å²) in [5.41, 5.74) is 2.48. The van der Waals surface area contributed by atoms with E-state index in [4.69, 9.17) is 0 Å². The lowest BCUT2D eigenvalue weighted by atomic mass is 9.87. The number of hydrogen-bond acceptors (Lipinski definition) is 1.